The molecular formula is C8H19N5. The molecule has 5 nitrogen and oxygen atoms in total. The molecule has 0 heterocycles. The summed E-state index contributed by atoms with van der Waals surface area (Å²) in [6.07, 6.45) is 1.94. The highest BCUT2D eigenvalue weighted by Crippen LogP contribution is 1.71. The Morgan fingerprint density at radius 1 is 0.923 bits per heavy atom. The zero-order valence-corrected chi connectivity index (χ0v) is 8.33. The molecule has 5 N–H and O–H groups in total. The van der Waals surface area contributed by atoms with Crippen molar-refractivity contribution >= 4 is 11.9 Å². The molecule has 76 valence electrons. The molecule has 0 unspecified atom stereocenters. The largest absolute Gasteiger partial charge is 0.356 e. The zero-order valence-electron chi connectivity index (χ0n) is 8.33. The van der Waals surface area contributed by atoms with Gasteiger partial charge in [-0.1, -0.05) is 13.8 Å². The smallest absolute Gasteiger partial charge is 0.195 e. The predicted molar refractivity (Wildman–Crippen MR) is 55.2 cm³/mol. The molecular weight excluding hydrogens is 166 g/mol. The maximum Gasteiger partial charge on any atom is 0.195 e. The lowest BCUT2D eigenvalue weighted by Gasteiger charge is -2.11. The minimum absolute atomic E-state index is 0.176. The van der Waals surface area contributed by atoms with Crippen LogP contribution in [0, 0.1) is 10.8 Å². The SMILES string of the molecule is CCCNC(=N)NC(=N)NCCC. The second kappa shape index (κ2) is 7.39. The molecule has 0 aliphatic carbocycles. The third-order valence-corrected chi connectivity index (χ3v) is 1.35. The summed E-state index contributed by atoms with van der Waals surface area (Å²) in [5, 5.41) is 23.0. The van der Waals surface area contributed by atoms with E-state index in [0.29, 0.717) is 0 Å². The van der Waals surface area contributed by atoms with Crippen molar-refractivity contribution in [1.29, 1.82) is 10.8 Å². The number of hydrogen-bond acceptors (Lipinski definition) is 2. The van der Waals surface area contributed by atoms with Gasteiger partial charge in [-0.2, -0.15) is 0 Å². The van der Waals surface area contributed by atoms with Crippen LogP contribution in [-0.4, -0.2) is 25.0 Å². The summed E-state index contributed by atoms with van der Waals surface area (Å²) in [7, 11) is 0. The fourth-order valence-electron chi connectivity index (χ4n) is 0.713. The fourth-order valence-corrected chi connectivity index (χ4v) is 0.713. The van der Waals surface area contributed by atoms with Gasteiger partial charge < -0.3 is 10.6 Å². The molecule has 5 heteroatoms. The van der Waals surface area contributed by atoms with E-state index in [1.54, 1.807) is 0 Å². The molecule has 0 rings (SSSR count). The molecule has 0 bridgehead atoms. The second-order valence-corrected chi connectivity index (χ2v) is 2.73. The topological polar surface area (TPSA) is 83.8 Å². The van der Waals surface area contributed by atoms with Gasteiger partial charge >= 0.3 is 0 Å². The predicted octanol–water partition coefficient (Wildman–Crippen LogP) is 0.445. The van der Waals surface area contributed by atoms with Crippen molar-refractivity contribution in [3.8, 4) is 0 Å². The van der Waals surface area contributed by atoms with Crippen LogP contribution in [-0.2, 0) is 0 Å². The molecule has 0 spiro atoms. The van der Waals surface area contributed by atoms with Gasteiger partial charge in [0.25, 0.3) is 0 Å². The van der Waals surface area contributed by atoms with Crippen LogP contribution in [0.1, 0.15) is 26.7 Å². The van der Waals surface area contributed by atoms with Gasteiger partial charge in [-0.05, 0) is 12.8 Å². The van der Waals surface area contributed by atoms with E-state index in [2.05, 4.69) is 16.0 Å². The first-order valence-corrected chi connectivity index (χ1v) is 4.62. The van der Waals surface area contributed by atoms with E-state index in [1.165, 1.54) is 0 Å². The first kappa shape index (κ1) is 11.7. The van der Waals surface area contributed by atoms with Gasteiger partial charge in [0.2, 0.25) is 0 Å². The highest BCUT2D eigenvalue weighted by atomic mass is 15.2. The van der Waals surface area contributed by atoms with Crippen LogP contribution < -0.4 is 16.0 Å². The van der Waals surface area contributed by atoms with Crippen LogP contribution in [0.2, 0.25) is 0 Å². The maximum atomic E-state index is 7.35. The fraction of sp³-hybridized carbons (Fsp3) is 0.750. The Morgan fingerprint density at radius 2 is 1.31 bits per heavy atom. The van der Waals surface area contributed by atoms with Crippen molar-refractivity contribution in [2.45, 2.75) is 26.7 Å². The first-order valence-electron chi connectivity index (χ1n) is 4.62. The molecule has 0 radical (unpaired) electrons. The summed E-state index contributed by atoms with van der Waals surface area (Å²) in [5.41, 5.74) is 0. The van der Waals surface area contributed by atoms with E-state index in [0.717, 1.165) is 25.9 Å². The van der Waals surface area contributed by atoms with Gasteiger partial charge in [-0.3, -0.25) is 16.1 Å². The molecule has 0 fully saturated rings. The van der Waals surface area contributed by atoms with Crippen molar-refractivity contribution < 1.29 is 0 Å². The van der Waals surface area contributed by atoms with Gasteiger partial charge in [0.15, 0.2) is 11.9 Å². The Morgan fingerprint density at radius 3 is 1.62 bits per heavy atom. The first-order chi connectivity index (χ1) is 6.20. The lowest BCUT2D eigenvalue weighted by molar-refractivity contribution is 0.794. The van der Waals surface area contributed by atoms with Crippen molar-refractivity contribution in [2.24, 2.45) is 0 Å². The van der Waals surface area contributed by atoms with Crippen molar-refractivity contribution in [3.63, 3.8) is 0 Å². The van der Waals surface area contributed by atoms with Crippen molar-refractivity contribution in [2.75, 3.05) is 13.1 Å². The Hall–Kier alpha value is -1.26. The summed E-state index contributed by atoms with van der Waals surface area (Å²) in [6.45, 7) is 5.57. The number of rotatable bonds is 4. The van der Waals surface area contributed by atoms with Crippen LogP contribution in [0.5, 0.6) is 0 Å². The lowest BCUT2D eigenvalue weighted by Crippen LogP contribution is -2.46. The van der Waals surface area contributed by atoms with Crippen LogP contribution in [0.25, 0.3) is 0 Å². The number of nitrogens with one attached hydrogen (secondary N) is 5. The van der Waals surface area contributed by atoms with Gasteiger partial charge in [-0.15, -0.1) is 0 Å². The average Bonchev–Trinajstić information content (AvgIpc) is 2.11. The standard InChI is InChI=1S/C8H19N5/c1-3-5-11-7(9)13-8(10)12-6-4-2/h3-6H2,1-2H3,(H5,9,10,11,12,13). The average molecular weight is 185 g/mol. The molecule has 0 saturated carbocycles. The van der Waals surface area contributed by atoms with E-state index in [1.807, 2.05) is 13.8 Å². The third kappa shape index (κ3) is 7.11. The van der Waals surface area contributed by atoms with Crippen LogP contribution in [0.3, 0.4) is 0 Å². The molecule has 0 aliphatic heterocycles. The van der Waals surface area contributed by atoms with Crippen LogP contribution >= 0.6 is 0 Å². The van der Waals surface area contributed by atoms with E-state index in [-0.39, 0.29) is 11.9 Å². The summed E-state index contributed by atoms with van der Waals surface area (Å²) in [4.78, 5) is 0. The van der Waals surface area contributed by atoms with E-state index < -0.39 is 0 Å². The van der Waals surface area contributed by atoms with Gasteiger partial charge in [0.1, 0.15) is 0 Å². The zero-order chi connectivity index (χ0) is 10.1. The minimum Gasteiger partial charge on any atom is -0.356 e. The van der Waals surface area contributed by atoms with E-state index >= 15 is 0 Å². The summed E-state index contributed by atoms with van der Waals surface area (Å²) in [6, 6.07) is 0. The molecule has 0 aromatic carbocycles. The molecule has 0 saturated heterocycles. The lowest BCUT2D eigenvalue weighted by atomic mass is 10.5. The molecule has 0 aliphatic rings. The Bertz CT molecular complexity index is 148. The second-order valence-electron chi connectivity index (χ2n) is 2.73. The molecule has 0 aromatic rings. The van der Waals surface area contributed by atoms with Crippen molar-refractivity contribution in [3.05, 3.63) is 0 Å². The monoisotopic (exact) mass is 185 g/mol. The quantitative estimate of drug-likeness (QED) is 0.325. The van der Waals surface area contributed by atoms with Crippen molar-refractivity contribution in [1.82, 2.24) is 16.0 Å². The maximum absolute atomic E-state index is 7.35. The molecule has 0 atom stereocenters. The van der Waals surface area contributed by atoms with E-state index in [9.17, 15) is 0 Å². The van der Waals surface area contributed by atoms with Gasteiger partial charge in [0.05, 0.1) is 0 Å². The van der Waals surface area contributed by atoms with Crippen LogP contribution in [0.15, 0.2) is 0 Å². The molecule has 13 heavy (non-hydrogen) atoms. The van der Waals surface area contributed by atoms with Crippen LogP contribution in [0.4, 0.5) is 0 Å². The highest BCUT2D eigenvalue weighted by molar-refractivity contribution is 5.95. The Balaban J connectivity index is 3.47. The minimum atomic E-state index is 0.176. The van der Waals surface area contributed by atoms with E-state index in [4.69, 9.17) is 10.8 Å². The van der Waals surface area contributed by atoms with Gasteiger partial charge in [0, 0.05) is 13.1 Å². The summed E-state index contributed by atoms with van der Waals surface area (Å²) < 4.78 is 0. The summed E-state index contributed by atoms with van der Waals surface area (Å²) >= 11 is 0. The highest BCUT2D eigenvalue weighted by Gasteiger charge is 1.97. The number of guanidine groups is 2. The number of hydrogen-bond donors (Lipinski definition) is 5. The third-order valence-electron chi connectivity index (χ3n) is 1.35. The Labute approximate surface area is 79.3 Å². The molecule has 0 aromatic heterocycles. The van der Waals surface area contributed by atoms with Gasteiger partial charge in [-0.25, -0.2) is 0 Å². The molecule has 0 amide bonds. The Kier molecular flexibility index (Phi) is 6.68. The summed E-state index contributed by atoms with van der Waals surface area (Å²) in [5.74, 6) is 0.353. The normalized spacial score (nSPS) is 9.08.